The predicted octanol–water partition coefficient (Wildman–Crippen LogP) is 4.00. The van der Waals surface area contributed by atoms with Gasteiger partial charge in [0.05, 0.1) is 4.90 Å². The summed E-state index contributed by atoms with van der Waals surface area (Å²) in [5.41, 5.74) is 2.69. The molecule has 2 aromatic rings. The number of amides is 1. The van der Waals surface area contributed by atoms with Crippen LogP contribution in [0.15, 0.2) is 47.4 Å². The summed E-state index contributed by atoms with van der Waals surface area (Å²) in [6.45, 7) is 3.88. The van der Waals surface area contributed by atoms with Crippen LogP contribution in [0.1, 0.15) is 17.5 Å². The quantitative estimate of drug-likeness (QED) is 0.669. The van der Waals surface area contributed by atoms with Crippen LogP contribution in [0.25, 0.3) is 0 Å². The van der Waals surface area contributed by atoms with Crippen LogP contribution in [0.2, 0.25) is 5.02 Å². The number of sulfonamides is 1. The highest BCUT2D eigenvalue weighted by Crippen LogP contribution is 2.17. The Morgan fingerprint density at radius 1 is 1.11 bits per heavy atom. The normalized spacial score (nSPS) is 12.6. The summed E-state index contributed by atoms with van der Waals surface area (Å²) >= 11 is 7.37. The van der Waals surface area contributed by atoms with Crippen LogP contribution < -0.4 is 10.0 Å². The number of aryl methyl sites for hydroxylation is 2. The zero-order valence-electron chi connectivity index (χ0n) is 15.5. The first kappa shape index (κ1) is 21.8. The Labute approximate surface area is 169 Å². The Balaban J connectivity index is 2.20. The molecular weight excluding hydrogens is 404 g/mol. The van der Waals surface area contributed by atoms with E-state index in [1.807, 2.05) is 38.3 Å². The third-order valence-corrected chi connectivity index (χ3v) is 6.22. The Morgan fingerprint density at radius 2 is 1.70 bits per heavy atom. The van der Waals surface area contributed by atoms with Crippen molar-refractivity contribution in [1.29, 1.82) is 0 Å². The minimum absolute atomic E-state index is 0.0697. The summed E-state index contributed by atoms with van der Waals surface area (Å²) in [6, 6.07) is 10.7. The molecule has 146 valence electrons. The summed E-state index contributed by atoms with van der Waals surface area (Å²) < 4.78 is 27.8. The molecule has 8 heteroatoms. The summed E-state index contributed by atoms with van der Waals surface area (Å²) in [7, 11) is -3.84. The molecule has 27 heavy (non-hydrogen) atoms. The number of rotatable bonds is 8. The van der Waals surface area contributed by atoms with Gasteiger partial charge < -0.3 is 5.32 Å². The number of carbonyl (C=O) groups is 1. The molecule has 2 rings (SSSR count). The SMILES string of the molecule is CSCCC(NS(=O)(=O)c1ccc(Cl)cc1)C(=O)Nc1cc(C)cc(C)c1. The fourth-order valence-electron chi connectivity index (χ4n) is 2.62. The number of halogens is 1. The van der Waals surface area contributed by atoms with Gasteiger partial charge in [-0.2, -0.15) is 16.5 Å². The monoisotopic (exact) mass is 426 g/mol. The van der Waals surface area contributed by atoms with Crippen LogP contribution in [0.5, 0.6) is 0 Å². The van der Waals surface area contributed by atoms with Gasteiger partial charge in [0.15, 0.2) is 0 Å². The van der Waals surface area contributed by atoms with Crippen LogP contribution in [-0.2, 0) is 14.8 Å². The van der Waals surface area contributed by atoms with E-state index in [0.29, 0.717) is 22.9 Å². The molecule has 2 aromatic carbocycles. The van der Waals surface area contributed by atoms with Gasteiger partial charge in [-0.25, -0.2) is 8.42 Å². The molecule has 0 aromatic heterocycles. The summed E-state index contributed by atoms with van der Waals surface area (Å²) in [6.07, 6.45) is 2.29. The molecule has 1 amide bonds. The maximum atomic E-state index is 12.7. The second-order valence-electron chi connectivity index (χ2n) is 6.27. The van der Waals surface area contributed by atoms with Crippen LogP contribution in [0, 0.1) is 13.8 Å². The highest BCUT2D eigenvalue weighted by atomic mass is 35.5. The third kappa shape index (κ3) is 6.53. The molecule has 0 aliphatic carbocycles. The van der Waals surface area contributed by atoms with Crippen molar-refractivity contribution < 1.29 is 13.2 Å². The van der Waals surface area contributed by atoms with Gasteiger partial charge >= 0.3 is 0 Å². The highest BCUT2D eigenvalue weighted by Gasteiger charge is 2.25. The maximum absolute atomic E-state index is 12.7. The van der Waals surface area contributed by atoms with E-state index < -0.39 is 16.1 Å². The summed E-state index contributed by atoms with van der Waals surface area (Å²) in [5.74, 6) is 0.264. The topological polar surface area (TPSA) is 75.3 Å². The first-order valence-electron chi connectivity index (χ1n) is 8.37. The second-order valence-corrected chi connectivity index (χ2v) is 9.41. The number of hydrogen-bond acceptors (Lipinski definition) is 4. The number of thioether (sulfide) groups is 1. The lowest BCUT2D eigenvalue weighted by molar-refractivity contribution is -0.117. The van der Waals surface area contributed by atoms with Crippen molar-refractivity contribution in [3.8, 4) is 0 Å². The van der Waals surface area contributed by atoms with E-state index in [2.05, 4.69) is 10.0 Å². The van der Waals surface area contributed by atoms with Crippen molar-refractivity contribution in [3.63, 3.8) is 0 Å². The molecule has 2 N–H and O–H groups in total. The Hall–Kier alpha value is -1.54. The Kier molecular flexibility index (Phi) is 7.73. The van der Waals surface area contributed by atoms with Gasteiger partial charge in [0, 0.05) is 10.7 Å². The summed E-state index contributed by atoms with van der Waals surface area (Å²) in [4.78, 5) is 12.8. The fraction of sp³-hybridized carbons (Fsp3) is 0.316. The second kappa shape index (κ2) is 9.59. The largest absolute Gasteiger partial charge is 0.325 e. The van der Waals surface area contributed by atoms with Crippen molar-refractivity contribution in [2.75, 3.05) is 17.3 Å². The molecular formula is C19H23ClN2O3S2. The van der Waals surface area contributed by atoms with Gasteiger partial charge in [-0.15, -0.1) is 0 Å². The van der Waals surface area contributed by atoms with Crippen molar-refractivity contribution in [1.82, 2.24) is 4.72 Å². The molecule has 0 aliphatic rings. The van der Waals surface area contributed by atoms with Gasteiger partial charge in [0.1, 0.15) is 6.04 Å². The van der Waals surface area contributed by atoms with E-state index in [9.17, 15) is 13.2 Å². The van der Waals surface area contributed by atoms with Gasteiger partial charge in [0.25, 0.3) is 0 Å². The van der Waals surface area contributed by atoms with Crippen LogP contribution >= 0.6 is 23.4 Å². The maximum Gasteiger partial charge on any atom is 0.242 e. The lowest BCUT2D eigenvalue weighted by atomic mass is 10.1. The smallest absolute Gasteiger partial charge is 0.242 e. The zero-order valence-corrected chi connectivity index (χ0v) is 17.8. The van der Waals surface area contributed by atoms with Crippen LogP contribution in [0.4, 0.5) is 5.69 Å². The van der Waals surface area contributed by atoms with E-state index in [1.165, 1.54) is 24.3 Å². The fourth-order valence-corrected chi connectivity index (χ4v) is 4.45. The first-order valence-corrected chi connectivity index (χ1v) is 11.6. The number of nitrogens with one attached hydrogen (secondary N) is 2. The molecule has 0 heterocycles. The predicted molar refractivity (Wildman–Crippen MR) is 113 cm³/mol. The highest BCUT2D eigenvalue weighted by molar-refractivity contribution is 7.98. The average Bonchev–Trinajstić information content (AvgIpc) is 2.58. The average molecular weight is 427 g/mol. The van der Waals surface area contributed by atoms with E-state index in [-0.39, 0.29) is 10.8 Å². The minimum atomic E-state index is -3.84. The molecule has 0 saturated heterocycles. The molecule has 0 spiro atoms. The molecule has 0 saturated carbocycles. The molecule has 1 unspecified atom stereocenters. The molecule has 0 bridgehead atoms. The zero-order chi connectivity index (χ0) is 20.0. The van der Waals surface area contributed by atoms with E-state index >= 15 is 0 Å². The van der Waals surface area contributed by atoms with Crippen LogP contribution in [0.3, 0.4) is 0 Å². The molecule has 5 nitrogen and oxygen atoms in total. The molecule has 1 atom stereocenters. The van der Waals surface area contributed by atoms with Crippen molar-refractivity contribution >= 4 is 45.0 Å². The van der Waals surface area contributed by atoms with Crippen molar-refractivity contribution in [3.05, 3.63) is 58.6 Å². The van der Waals surface area contributed by atoms with E-state index in [1.54, 1.807) is 11.8 Å². The van der Waals surface area contributed by atoms with Gasteiger partial charge in [0.2, 0.25) is 15.9 Å². The van der Waals surface area contributed by atoms with Crippen molar-refractivity contribution in [2.24, 2.45) is 0 Å². The lowest BCUT2D eigenvalue weighted by Gasteiger charge is -2.19. The first-order chi connectivity index (χ1) is 12.7. The number of carbonyl (C=O) groups excluding carboxylic acids is 1. The number of anilines is 1. The van der Waals surface area contributed by atoms with Crippen molar-refractivity contribution in [2.45, 2.75) is 31.2 Å². The lowest BCUT2D eigenvalue weighted by Crippen LogP contribution is -2.44. The standard InChI is InChI=1S/C19H23ClN2O3S2/c1-13-10-14(2)12-16(11-13)21-19(23)18(8-9-26-3)22-27(24,25)17-6-4-15(20)5-7-17/h4-7,10-12,18,22H,8-9H2,1-3H3,(H,21,23). The molecule has 0 radical (unpaired) electrons. The van der Waals surface area contributed by atoms with Gasteiger partial charge in [-0.05, 0) is 79.8 Å². The molecule has 0 aliphatic heterocycles. The van der Waals surface area contributed by atoms with Gasteiger partial charge in [-0.3, -0.25) is 4.79 Å². The van der Waals surface area contributed by atoms with E-state index in [4.69, 9.17) is 11.6 Å². The van der Waals surface area contributed by atoms with Gasteiger partial charge in [-0.1, -0.05) is 17.7 Å². The van der Waals surface area contributed by atoms with Crippen LogP contribution in [-0.4, -0.2) is 32.4 Å². The Morgan fingerprint density at radius 3 is 2.26 bits per heavy atom. The summed E-state index contributed by atoms with van der Waals surface area (Å²) in [5, 5.41) is 3.26. The molecule has 0 fully saturated rings. The number of hydrogen-bond donors (Lipinski definition) is 2. The van der Waals surface area contributed by atoms with E-state index in [0.717, 1.165) is 11.1 Å². The minimum Gasteiger partial charge on any atom is -0.325 e. The Bertz CT molecular complexity index is 879. The third-order valence-electron chi connectivity index (χ3n) is 3.84. The number of benzene rings is 2.